The van der Waals surface area contributed by atoms with Crippen LogP contribution in [0.2, 0.25) is 0 Å². The maximum Gasteiger partial charge on any atom is 0.123 e. The number of halogens is 1. The second-order valence-electron chi connectivity index (χ2n) is 7.09. The molecule has 0 amide bonds. The molecule has 0 bridgehead atoms. The van der Waals surface area contributed by atoms with Crippen LogP contribution in [0.5, 0.6) is 0 Å². The Hall–Kier alpha value is -1.94. The van der Waals surface area contributed by atoms with E-state index in [1.165, 1.54) is 29.7 Å². The molecular formula is C20H24FN3. The predicted molar refractivity (Wildman–Crippen MR) is 94.9 cm³/mol. The van der Waals surface area contributed by atoms with Crippen LogP contribution in [0.3, 0.4) is 0 Å². The molecule has 1 saturated heterocycles. The van der Waals surface area contributed by atoms with Crippen molar-refractivity contribution in [2.45, 2.75) is 31.2 Å². The summed E-state index contributed by atoms with van der Waals surface area (Å²) in [6.07, 6.45) is 7.12. The normalized spacial score (nSPS) is 23.7. The number of likely N-dealkylation sites (N-methyl/N-ethyl adjacent to an activating group) is 1. The molecular weight excluding hydrogens is 301 g/mol. The first-order chi connectivity index (χ1) is 11.7. The minimum Gasteiger partial charge on any atom is -0.367 e. The number of anilines is 1. The monoisotopic (exact) mass is 325 g/mol. The van der Waals surface area contributed by atoms with Gasteiger partial charge in [0, 0.05) is 43.1 Å². The van der Waals surface area contributed by atoms with E-state index >= 15 is 0 Å². The zero-order valence-corrected chi connectivity index (χ0v) is 14.2. The first-order valence-electron chi connectivity index (χ1n) is 8.86. The van der Waals surface area contributed by atoms with E-state index in [0.29, 0.717) is 12.0 Å². The van der Waals surface area contributed by atoms with Crippen molar-refractivity contribution in [1.29, 1.82) is 0 Å². The minimum atomic E-state index is -0.117. The Morgan fingerprint density at radius 1 is 1.29 bits per heavy atom. The minimum absolute atomic E-state index is 0.117. The summed E-state index contributed by atoms with van der Waals surface area (Å²) in [6, 6.07) is 9.95. The number of aromatic nitrogens is 1. The highest BCUT2D eigenvalue weighted by Gasteiger charge is 2.39. The quantitative estimate of drug-likeness (QED) is 0.861. The molecule has 0 radical (unpaired) electrons. The lowest BCUT2D eigenvalue weighted by atomic mass is 9.93. The predicted octanol–water partition coefficient (Wildman–Crippen LogP) is 3.46. The van der Waals surface area contributed by atoms with Crippen molar-refractivity contribution in [2.24, 2.45) is 0 Å². The van der Waals surface area contributed by atoms with Gasteiger partial charge in [0.15, 0.2) is 0 Å². The standard InChI is InChI=1S/C20H24FN3/c1-23-10-3-5-19-18(14-23)17-12-16(21)6-7-20(17)24(19)11-8-15-4-2-9-22-13-15/h2,4,6-7,9,12-13,18-19H,3,5,8,10-11,14H2,1H3. The van der Waals surface area contributed by atoms with Gasteiger partial charge >= 0.3 is 0 Å². The van der Waals surface area contributed by atoms with Crippen LogP contribution in [-0.2, 0) is 6.42 Å². The molecule has 2 aliphatic heterocycles. The smallest absolute Gasteiger partial charge is 0.123 e. The van der Waals surface area contributed by atoms with Crippen molar-refractivity contribution >= 4 is 5.69 Å². The number of nitrogens with zero attached hydrogens (tertiary/aromatic N) is 3. The molecule has 3 heterocycles. The lowest BCUT2D eigenvalue weighted by Crippen LogP contribution is -2.37. The molecule has 2 atom stereocenters. The number of hydrogen-bond donors (Lipinski definition) is 0. The highest BCUT2D eigenvalue weighted by molar-refractivity contribution is 5.62. The first kappa shape index (κ1) is 15.6. The second-order valence-corrected chi connectivity index (χ2v) is 7.09. The van der Waals surface area contributed by atoms with Gasteiger partial charge in [0.1, 0.15) is 5.82 Å². The number of rotatable bonds is 3. The van der Waals surface area contributed by atoms with Crippen LogP contribution in [0.15, 0.2) is 42.7 Å². The van der Waals surface area contributed by atoms with Crippen LogP contribution in [0.4, 0.5) is 10.1 Å². The lowest BCUT2D eigenvalue weighted by molar-refractivity contribution is 0.330. The zero-order valence-electron chi connectivity index (χ0n) is 14.2. The summed E-state index contributed by atoms with van der Waals surface area (Å²) >= 11 is 0. The Kier molecular flexibility index (Phi) is 4.23. The van der Waals surface area contributed by atoms with E-state index in [1.54, 1.807) is 12.1 Å². The number of benzene rings is 1. The summed E-state index contributed by atoms with van der Waals surface area (Å²) in [5.41, 5.74) is 3.68. The van der Waals surface area contributed by atoms with E-state index in [1.807, 2.05) is 24.5 Å². The third kappa shape index (κ3) is 2.91. The average molecular weight is 325 g/mol. The third-order valence-corrected chi connectivity index (χ3v) is 5.48. The van der Waals surface area contributed by atoms with Gasteiger partial charge in [-0.05, 0) is 68.2 Å². The molecule has 0 saturated carbocycles. The summed E-state index contributed by atoms with van der Waals surface area (Å²) in [7, 11) is 2.18. The van der Waals surface area contributed by atoms with E-state index < -0.39 is 0 Å². The average Bonchev–Trinajstić information content (AvgIpc) is 2.73. The van der Waals surface area contributed by atoms with Crippen molar-refractivity contribution in [3.8, 4) is 0 Å². The van der Waals surface area contributed by atoms with E-state index in [4.69, 9.17) is 0 Å². The topological polar surface area (TPSA) is 19.4 Å². The molecule has 2 aromatic rings. The van der Waals surface area contributed by atoms with E-state index in [2.05, 4.69) is 27.9 Å². The lowest BCUT2D eigenvalue weighted by Gasteiger charge is -2.29. The Labute approximate surface area is 143 Å². The van der Waals surface area contributed by atoms with Gasteiger partial charge in [0.2, 0.25) is 0 Å². The van der Waals surface area contributed by atoms with Gasteiger partial charge in [0.25, 0.3) is 0 Å². The molecule has 2 unspecified atom stereocenters. The molecule has 0 N–H and O–H groups in total. The fourth-order valence-corrected chi connectivity index (χ4v) is 4.34. The fraction of sp³-hybridized carbons (Fsp3) is 0.450. The van der Waals surface area contributed by atoms with Gasteiger partial charge in [-0.2, -0.15) is 0 Å². The SMILES string of the molecule is CN1CCCC2C(C1)c1cc(F)ccc1N2CCc1cccnc1. The molecule has 0 spiro atoms. The number of fused-ring (bicyclic) bond motifs is 3. The molecule has 126 valence electrons. The van der Waals surface area contributed by atoms with Crippen molar-refractivity contribution in [1.82, 2.24) is 9.88 Å². The maximum absolute atomic E-state index is 13.9. The molecule has 2 aliphatic rings. The van der Waals surface area contributed by atoms with Crippen LogP contribution in [-0.4, -0.2) is 42.6 Å². The van der Waals surface area contributed by atoms with Gasteiger partial charge in [0.05, 0.1) is 0 Å². The summed E-state index contributed by atoms with van der Waals surface area (Å²) in [5.74, 6) is 0.297. The van der Waals surface area contributed by atoms with Gasteiger partial charge in [-0.3, -0.25) is 4.98 Å². The Balaban J connectivity index is 1.63. The molecule has 24 heavy (non-hydrogen) atoms. The molecule has 0 aliphatic carbocycles. The van der Waals surface area contributed by atoms with E-state index in [9.17, 15) is 4.39 Å². The van der Waals surface area contributed by atoms with Crippen LogP contribution in [0.1, 0.15) is 29.9 Å². The fourth-order valence-electron chi connectivity index (χ4n) is 4.34. The Morgan fingerprint density at radius 2 is 2.21 bits per heavy atom. The molecule has 1 aromatic heterocycles. The Bertz CT molecular complexity index is 703. The molecule has 1 aromatic carbocycles. The van der Waals surface area contributed by atoms with Crippen molar-refractivity contribution < 1.29 is 4.39 Å². The van der Waals surface area contributed by atoms with Crippen molar-refractivity contribution in [3.05, 3.63) is 59.7 Å². The highest BCUT2D eigenvalue weighted by atomic mass is 19.1. The Morgan fingerprint density at radius 3 is 3.04 bits per heavy atom. The summed E-state index contributed by atoms with van der Waals surface area (Å²) < 4.78 is 13.9. The number of likely N-dealkylation sites (tertiary alicyclic amines) is 1. The molecule has 1 fully saturated rings. The van der Waals surface area contributed by atoms with E-state index in [0.717, 1.165) is 26.1 Å². The van der Waals surface area contributed by atoms with Gasteiger partial charge < -0.3 is 9.80 Å². The van der Waals surface area contributed by atoms with Crippen LogP contribution < -0.4 is 4.90 Å². The zero-order chi connectivity index (χ0) is 16.5. The van der Waals surface area contributed by atoms with Crippen LogP contribution >= 0.6 is 0 Å². The van der Waals surface area contributed by atoms with Crippen molar-refractivity contribution in [2.75, 3.05) is 31.6 Å². The highest BCUT2D eigenvalue weighted by Crippen LogP contribution is 2.44. The summed E-state index contributed by atoms with van der Waals surface area (Å²) in [4.78, 5) is 9.13. The number of pyridine rings is 1. The number of hydrogen-bond acceptors (Lipinski definition) is 3. The van der Waals surface area contributed by atoms with Crippen LogP contribution in [0.25, 0.3) is 0 Å². The maximum atomic E-state index is 13.9. The molecule has 4 rings (SSSR count). The third-order valence-electron chi connectivity index (χ3n) is 5.48. The summed E-state index contributed by atoms with van der Waals surface area (Å²) in [6.45, 7) is 3.12. The van der Waals surface area contributed by atoms with Crippen molar-refractivity contribution in [3.63, 3.8) is 0 Å². The molecule has 4 heteroatoms. The van der Waals surface area contributed by atoms with Gasteiger partial charge in [-0.25, -0.2) is 4.39 Å². The first-order valence-corrected chi connectivity index (χ1v) is 8.86. The summed E-state index contributed by atoms with van der Waals surface area (Å²) in [5, 5.41) is 0. The van der Waals surface area contributed by atoms with Gasteiger partial charge in [-0.15, -0.1) is 0 Å². The largest absolute Gasteiger partial charge is 0.367 e. The second kappa shape index (κ2) is 6.52. The molecule has 3 nitrogen and oxygen atoms in total. The van der Waals surface area contributed by atoms with Gasteiger partial charge in [-0.1, -0.05) is 6.07 Å². The van der Waals surface area contributed by atoms with Crippen LogP contribution in [0, 0.1) is 5.82 Å². The van der Waals surface area contributed by atoms with E-state index in [-0.39, 0.29) is 5.82 Å².